The standard InChI is InChI=1S/C8H15OP/c1-2-5-10-6-3-8(9)4-7-10/h2,8-9H,1,3-7H2. The molecule has 1 saturated heterocycles. The summed E-state index contributed by atoms with van der Waals surface area (Å²) in [7, 11) is 0.223. The summed E-state index contributed by atoms with van der Waals surface area (Å²) in [6.07, 6.45) is 7.78. The van der Waals surface area contributed by atoms with E-state index in [4.69, 9.17) is 0 Å². The molecule has 1 N–H and O–H groups in total. The van der Waals surface area contributed by atoms with Gasteiger partial charge in [-0.1, -0.05) is 6.08 Å². The van der Waals surface area contributed by atoms with Crippen molar-refractivity contribution in [2.24, 2.45) is 0 Å². The van der Waals surface area contributed by atoms with Crippen molar-refractivity contribution >= 4 is 7.92 Å². The summed E-state index contributed by atoms with van der Waals surface area (Å²) in [4.78, 5) is 0. The molecule has 0 amide bonds. The molecule has 0 saturated carbocycles. The molecule has 1 fully saturated rings. The average Bonchev–Trinajstić information content (AvgIpc) is 1.95. The largest absolute Gasteiger partial charge is 0.393 e. The first-order valence-corrected chi connectivity index (χ1v) is 5.74. The third kappa shape index (κ3) is 2.40. The van der Waals surface area contributed by atoms with E-state index in [1.165, 1.54) is 18.5 Å². The van der Waals surface area contributed by atoms with Crippen LogP contribution in [-0.4, -0.2) is 29.7 Å². The van der Waals surface area contributed by atoms with Gasteiger partial charge in [0.1, 0.15) is 0 Å². The topological polar surface area (TPSA) is 20.2 Å². The van der Waals surface area contributed by atoms with Crippen LogP contribution in [0.15, 0.2) is 12.7 Å². The van der Waals surface area contributed by atoms with Crippen molar-refractivity contribution < 1.29 is 5.11 Å². The van der Waals surface area contributed by atoms with Crippen LogP contribution in [0.25, 0.3) is 0 Å². The lowest BCUT2D eigenvalue weighted by atomic mass is 10.2. The first-order chi connectivity index (χ1) is 4.83. The van der Waals surface area contributed by atoms with Crippen molar-refractivity contribution in [1.29, 1.82) is 0 Å². The Morgan fingerprint density at radius 2 is 2.10 bits per heavy atom. The molecule has 10 heavy (non-hydrogen) atoms. The van der Waals surface area contributed by atoms with E-state index in [1.54, 1.807) is 0 Å². The molecule has 0 aromatic rings. The summed E-state index contributed by atoms with van der Waals surface area (Å²) in [5, 5.41) is 9.18. The molecule has 1 aliphatic rings. The van der Waals surface area contributed by atoms with Crippen LogP contribution in [0.4, 0.5) is 0 Å². The zero-order valence-corrected chi connectivity index (χ0v) is 7.19. The zero-order valence-electron chi connectivity index (χ0n) is 6.29. The van der Waals surface area contributed by atoms with E-state index in [9.17, 15) is 5.11 Å². The van der Waals surface area contributed by atoms with Crippen LogP contribution in [0.1, 0.15) is 12.8 Å². The second-order valence-corrected chi connectivity index (χ2v) is 5.42. The van der Waals surface area contributed by atoms with Gasteiger partial charge in [-0.25, -0.2) is 0 Å². The average molecular weight is 158 g/mol. The van der Waals surface area contributed by atoms with Crippen LogP contribution < -0.4 is 0 Å². The highest BCUT2D eigenvalue weighted by Crippen LogP contribution is 2.41. The fourth-order valence-electron chi connectivity index (χ4n) is 1.28. The Hall–Kier alpha value is 0.130. The molecular formula is C8H15OP. The molecule has 1 nitrogen and oxygen atoms in total. The van der Waals surface area contributed by atoms with E-state index >= 15 is 0 Å². The molecule has 1 heterocycles. The highest BCUT2D eigenvalue weighted by atomic mass is 31.1. The number of aliphatic hydroxyl groups is 1. The minimum Gasteiger partial charge on any atom is -0.393 e. The summed E-state index contributed by atoms with van der Waals surface area (Å²) < 4.78 is 0. The summed E-state index contributed by atoms with van der Waals surface area (Å²) in [6.45, 7) is 3.73. The van der Waals surface area contributed by atoms with E-state index in [0.717, 1.165) is 12.8 Å². The van der Waals surface area contributed by atoms with E-state index in [2.05, 4.69) is 6.58 Å². The molecule has 1 rings (SSSR count). The molecule has 2 heteroatoms. The van der Waals surface area contributed by atoms with Gasteiger partial charge in [0, 0.05) is 0 Å². The molecule has 0 unspecified atom stereocenters. The third-order valence-electron chi connectivity index (χ3n) is 1.94. The van der Waals surface area contributed by atoms with Crippen molar-refractivity contribution in [1.82, 2.24) is 0 Å². The Kier molecular flexibility index (Phi) is 3.37. The van der Waals surface area contributed by atoms with Crippen molar-refractivity contribution in [3.63, 3.8) is 0 Å². The lowest BCUT2D eigenvalue weighted by molar-refractivity contribution is 0.164. The van der Waals surface area contributed by atoms with Crippen LogP contribution in [-0.2, 0) is 0 Å². The molecule has 0 radical (unpaired) electrons. The lowest BCUT2D eigenvalue weighted by Crippen LogP contribution is -2.16. The first-order valence-electron chi connectivity index (χ1n) is 3.84. The van der Waals surface area contributed by atoms with Gasteiger partial charge in [0.2, 0.25) is 0 Å². The number of allylic oxidation sites excluding steroid dienone is 1. The summed E-state index contributed by atoms with van der Waals surface area (Å²) in [6, 6.07) is 0. The molecule has 0 bridgehead atoms. The van der Waals surface area contributed by atoms with Crippen LogP contribution in [0.3, 0.4) is 0 Å². The second-order valence-electron chi connectivity index (χ2n) is 2.82. The Balaban J connectivity index is 2.19. The maximum atomic E-state index is 9.18. The van der Waals surface area contributed by atoms with E-state index in [0.29, 0.717) is 0 Å². The van der Waals surface area contributed by atoms with Gasteiger partial charge in [0.25, 0.3) is 0 Å². The van der Waals surface area contributed by atoms with Crippen LogP contribution in [0, 0.1) is 0 Å². The Morgan fingerprint density at radius 3 is 2.60 bits per heavy atom. The smallest absolute Gasteiger partial charge is 0.0547 e. The first kappa shape index (κ1) is 8.23. The molecule has 0 aromatic carbocycles. The maximum absolute atomic E-state index is 9.18. The fourth-order valence-corrected chi connectivity index (χ4v) is 3.56. The number of rotatable bonds is 2. The molecule has 0 atom stereocenters. The third-order valence-corrected chi connectivity index (χ3v) is 4.50. The normalized spacial score (nSPS) is 33.7. The number of aliphatic hydroxyl groups excluding tert-OH is 1. The van der Waals surface area contributed by atoms with Gasteiger partial charge in [-0.05, 0) is 31.3 Å². The Bertz CT molecular complexity index is 106. The van der Waals surface area contributed by atoms with Gasteiger partial charge in [0.05, 0.1) is 6.10 Å². The monoisotopic (exact) mass is 158 g/mol. The van der Waals surface area contributed by atoms with Gasteiger partial charge in [-0.2, -0.15) is 0 Å². The molecule has 0 aliphatic carbocycles. The van der Waals surface area contributed by atoms with Gasteiger partial charge >= 0.3 is 0 Å². The van der Waals surface area contributed by atoms with Crippen molar-refractivity contribution in [2.75, 3.05) is 18.5 Å². The summed E-state index contributed by atoms with van der Waals surface area (Å²) >= 11 is 0. The van der Waals surface area contributed by atoms with Gasteiger partial charge < -0.3 is 5.11 Å². The second kappa shape index (κ2) is 4.10. The number of hydrogen-bond donors (Lipinski definition) is 1. The number of hydrogen-bond acceptors (Lipinski definition) is 1. The lowest BCUT2D eigenvalue weighted by Gasteiger charge is -2.24. The highest BCUT2D eigenvalue weighted by molar-refractivity contribution is 7.57. The molecule has 58 valence electrons. The van der Waals surface area contributed by atoms with E-state index < -0.39 is 0 Å². The predicted molar refractivity (Wildman–Crippen MR) is 47.0 cm³/mol. The van der Waals surface area contributed by atoms with Crippen molar-refractivity contribution in [3.8, 4) is 0 Å². The van der Waals surface area contributed by atoms with Gasteiger partial charge in [-0.3, -0.25) is 0 Å². The zero-order chi connectivity index (χ0) is 7.40. The Labute approximate surface area is 63.9 Å². The molecule has 0 spiro atoms. The maximum Gasteiger partial charge on any atom is 0.0547 e. The van der Waals surface area contributed by atoms with Crippen LogP contribution >= 0.6 is 7.92 Å². The van der Waals surface area contributed by atoms with Gasteiger partial charge in [0.15, 0.2) is 0 Å². The Morgan fingerprint density at radius 1 is 1.50 bits per heavy atom. The van der Waals surface area contributed by atoms with Crippen LogP contribution in [0.2, 0.25) is 0 Å². The van der Waals surface area contributed by atoms with Crippen molar-refractivity contribution in [3.05, 3.63) is 12.7 Å². The summed E-state index contributed by atoms with van der Waals surface area (Å²) in [5.74, 6) is 0. The molecule has 1 aliphatic heterocycles. The molecule has 0 aromatic heterocycles. The SMILES string of the molecule is C=CCP1CCC(O)CC1. The fraction of sp³-hybridized carbons (Fsp3) is 0.750. The highest BCUT2D eigenvalue weighted by Gasteiger charge is 2.16. The molecular weight excluding hydrogens is 143 g/mol. The minimum absolute atomic E-state index is 0.00330. The van der Waals surface area contributed by atoms with E-state index in [1.807, 2.05) is 6.08 Å². The predicted octanol–water partition coefficient (Wildman–Crippen LogP) is 1.81. The van der Waals surface area contributed by atoms with Crippen LogP contribution in [0.5, 0.6) is 0 Å². The van der Waals surface area contributed by atoms with Crippen molar-refractivity contribution in [2.45, 2.75) is 18.9 Å². The quantitative estimate of drug-likeness (QED) is 0.480. The van der Waals surface area contributed by atoms with Gasteiger partial charge in [-0.15, -0.1) is 14.5 Å². The van der Waals surface area contributed by atoms with E-state index in [-0.39, 0.29) is 14.0 Å². The summed E-state index contributed by atoms with van der Waals surface area (Å²) in [5.41, 5.74) is 0. The minimum atomic E-state index is 0.00330.